The zero-order valence-corrected chi connectivity index (χ0v) is 20.1. The third-order valence-corrected chi connectivity index (χ3v) is 6.83. The Morgan fingerprint density at radius 1 is 0.971 bits per heavy atom. The summed E-state index contributed by atoms with van der Waals surface area (Å²) >= 11 is 0. The van der Waals surface area contributed by atoms with Crippen molar-refractivity contribution >= 4 is 34.0 Å². The molecule has 0 spiro atoms. The first-order valence-corrected chi connectivity index (χ1v) is 12.5. The fraction of sp³-hybridized carbons (Fsp3) is 0.226. The predicted octanol–water partition coefficient (Wildman–Crippen LogP) is 7.00. The van der Waals surface area contributed by atoms with Crippen molar-refractivity contribution < 1.29 is 4.79 Å². The van der Waals surface area contributed by atoms with E-state index < -0.39 is 0 Å². The summed E-state index contributed by atoms with van der Waals surface area (Å²) in [5.41, 5.74) is 8.11. The molecule has 0 aliphatic heterocycles. The fourth-order valence-corrected chi connectivity index (χ4v) is 5.03. The fourth-order valence-electron chi connectivity index (χ4n) is 5.03. The van der Waals surface area contributed by atoms with E-state index in [4.69, 9.17) is 0 Å². The van der Waals surface area contributed by atoms with Crippen molar-refractivity contribution in [1.82, 2.24) is 15.5 Å². The van der Waals surface area contributed by atoms with Gasteiger partial charge >= 0.3 is 0 Å². The second-order valence-corrected chi connectivity index (χ2v) is 9.19. The lowest BCUT2D eigenvalue weighted by Crippen LogP contribution is -2.30. The Morgan fingerprint density at radius 2 is 1.71 bits per heavy atom. The third kappa shape index (κ3) is 5.27. The van der Waals surface area contributed by atoms with E-state index in [0.717, 1.165) is 41.3 Å². The Hall–Kier alpha value is -3.92. The molecule has 2 N–H and O–H groups in total. The highest BCUT2D eigenvalue weighted by Gasteiger charge is 2.16. The molecular formula is C31H31N3O. The van der Waals surface area contributed by atoms with E-state index in [1.807, 2.05) is 12.3 Å². The number of H-pyrrole nitrogens is 1. The van der Waals surface area contributed by atoms with Crippen molar-refractivity contribution in [1.29, 1.82) is 0 Å². The van der Waals surface area contributed by atoms with Crippen LogP contribution in [0.15, 0.2) is 85.1 Å². The van der Waals surface area contributed by atoms with Gasteiger partial charge in [0.2, 0.25) is 5.91 Å². The molecular weight excluding hydrogens is 430 g/mol. The molecule has 1 heterocycles. The summed E-state index contributed by atoms with van der Waals surface area (Å²) in [5.74, 6) is -0.00711. The minimum Gasteiger partial charge on any atom is -0.350 e. The van der Waals surface area contributed by atoms with Gasteiger partial charge in [-0.25, -0.2) is 0 Å². The summed E-state index contributed by atoms with van der Waals surface area (Å²) in [5, 5.41) is 11.4. The summed E-state index contributed by atoms with van der Waals surface area (Å²) in [6.45, 7) is 2.21. The maximum absolute atomic E-state index is 12.3. The quantitative estimate of drug-likeness (QED) is 0.230. The number of aromatic nitrogens is 2. The van der Waals surface area contributed by atoms with Crippen LogP contribution in [0.3, 0.4) is 0 Å². The Labute approximate surface area is 206 Å². The zero-order chi connectivity index (χ0) is 24.0. The van der Waals surface area contributed by atoms with E-state index in [2.05, 4.69) is 95.2 Å². The van der Waals surface area contributed by atoms with Gasteiger partial charge in [0.15, 0.2) is 0 Å². The molecule has 0 saturated heterocycles. The number of carbonyl (C=O) groups excluding carboxylic acids is 1. The van der Waals surface area contributed by atoms with Crippen molar-refractivity contribution in [3.63, 3.8) is 0 Å². The van der Waals surface area contributed by atoms with Crippen LogP contribution in [-0.2, 0) is 4.79 Å². The smallest absolute Gasteiger partial charge is 0.244 e. The number of amides is 1. The second-order valence-electron chi connectivity index (χ2n) is 9.19. The average molecular weight is 462 g/mol. The Morgan fingerprint density at radius 3 is 2.46 bits per heavy atom. The lowest BCUT2D eigenvalue weighted by Gasteiger charge is -2.17. The topological polar surface area (TPSA) is 57.8 Å². The Kier molecular flexibility index (Phi) is 6.89. The van der Waals surface area contributed by atoms with Crippen molar-refractivity contribution in [2.45, 2.75) is 45.1 Å². The van der Waals surface area contributed by atoms with Gasteiger partial charge in [-0.3, -0.25) is 9.89 Å². The summed E-state index contributed by atoms with van der Waals surface area (Å²) < 4.78 is 0. The predicted molar refractivity (Wildman–Crippen MR) is 145 cm³/mol. The van der Waals surface area contributed by atoms with Gasteiger partial charge in [-0.15, -0.1) is 0 Å². The molecule has 0 bridgehead atoms. The molecule has 1 saturated carbocycles. The summed E-state index contributed by atoms with van der Waals surface area (Å²) in [6.07, 6.45) is 10.9. The molecule has 4 nitrogen and oxygen atoms in total. The number of rotatable bonds is 7. The first kappa shape index (κ1) is 22.9. The van der Waals surface area contributed by atoms with E-state index in [0.29, 0.717) is 6.04 Å². The first-order chi connectivity index (χ1) is 17.2. The molecule has 0 radical (unpaired) electrons. The van der Waals surface area contributed by atoms with Crippen LogP contribution in [0.5, 0.6) is 0 Å². The van der Waals surface area contributed by atoms with E-state index in [1.165, 1.54) is 35.1 Å². The van der Waals surface area contributed by atoms with Crippen LogP contribution in [0.25, 0.3) is 28.1 Å². The van der Waals surface area contributed by atoms with Crippen LogP contribution >= 0.6 is 0 Å². The number of allylic oxidation sites excluding steroid dienone is 1. The van der Waals surface area contributed by atoms with Crippen LogP contribution in [0.2, 0.25) is 0 Å². The molecule has 0 atom stereocenters. The number of carbonyl (C=O) groups is 1. The maximum atomic E-state index is 12.3. The van der Waals surface area contributed by atoms with Gasteiger partial charge in [0.1, 0.15) is 0 Å². The molecule has 4 aromatic rings. The zero-order valence-electron chi connectivity index (χ0n) is 20.1. The SMILES string of the molecule is CC/C(=C(/c1ccc(/C=C/C(=O)NC2CCCC2)cc1)c1ccc2[nH]ncc2c1)c1ccccc1. The number of hydrogen-bond acceptors (Lipinski definition) is 2. The molecule has 1 aliphatic carbocycles. The standard InChI is InChI=1S/C31H31N3O/c1-2-28(23-8-4-3-5-9-23)31(25-17-18-29-26(20-25)21-32-34-29)24-15-12-22(13-16-24)14-19-30(35)33-27-10-6-7-11-27/h3-5,8-9,12-21,27H,2,6-7,10-11H2,1H3,(H,32,34)(H,33,35)/b19-14+,31-28+. The lowest BCUT2D eigenvalue weighted by atomic mass is 9.87. The molecule has 1 aliphatic rings. The van der Waals surface area contributed by atoms with Crippen molar-refractivity contribution in [3.8, 4) is 0 Å². The molecule has 0 unspecified atom stereocenters. The van der Waals surface area contributed by atoms with Crippen molar-refractivity contribution in [2.24, 2.45) is 0 Å². The third-order valence-electron chi connectivity index (χ3n) is 6.83. The highest BCUT2D eigenvalue weighted by Crippen LogP contribution is 2.35. The van der Waals surface area contributed by atoms with Gasteiger partial charge in [0.05, 0.1) is 11.7 Å². The highest BCUT2D eigenvalue weighted by atomic mass is 16.1. The van der Waals surface area contributed by atoms with Gasteiger partial charge in [-0.2, -0.15) is 5.10 Å². The number of aromatic amines is 1. The molecule has 1 amide bonds. The first-order valence-electron chi connectivity index (χ1n) is 12.5. The monoisotopic (exact) mass is 461 g/mol. The molecule has 5 rings (SSSR count). The van der Waals surface area contributed by atoms with Gasteiger partial charge < -0.3 is 5.32 Å². The van der Waals surface area contributed by atoms with Gasteiger partial charge in [-0.05, 0) is 70.9 Å². The second kappa shape index (κ2) is 10.6. The maximum Gasteiger partial charge on any atom is 0.244 e. The van der Waals surface area contributed by atoms with Crippen LogP contribution in [0, 0.1) is 0 Å². The van der Waals surface area contributed by atoms with E-state index in [-0.39, 0.29) is 5.91 Å². The lowest BCUT2D eigenvalue weighted by molar-refractivity contribution is -0.117. The number of nitrogens with zero attached hydrogens (tertiary/aromatic N) is 1. The average Bonchev–Trinajstić information content (AvgIpc) is 3.58. The molecule has 1 fully saturated rings. The number of nitrogens with one attached hydrogen (secondary N) is 2. The van der Waals surface area contributed by atoms with E-state index in [1.54, 1.807) is 6.08 Å². The molecule has 4 heteroatoms. The van der Waals surface area contributed by atoms with E-state index in [9.17, 15) is 4.79 Å². The largest absolute Gasteiger partial charge is 0.350 e. The van der Waals surface area contributed by atoms with Gasteiger partial charge in [0, 0.05) is 17.5 Å². The molecule has 1 aromatic heterocycles. The van der Waals surface area contributed by atoms with Gasteiger partial charge in [0.25, 0.3) is 0 Å². The minimum absolute atomic E-state index is 0.00711. The Balaban J connectivity index is 1.48. The number of hydrogen-bond donors (Lipinski definition) is 2. The summed E-state index contributed by atoms with van der Waals surface area (Å²) in [4.78, 5) is 12.3. The van der Waals surface area contributed by atoms with E-state index >= 15 is 0 Å². The highest BCUT2D eigenvalue weighted by molar-refractivity contribution is 6.00. The molecule has 3 aromatic carbocycles. The molecule has 176 valence electrons. The summed E-state index contributed by atoms with van der Waals surface area (Å²) in [7, 11) is 0. The van der Waals surface area contributed by atoms with Crippen molar-refractivity contribution in [2.75, 3.05) is 0 Å². The summed E-state index contributed by atoms with van der Waals surface area (Å²) in [6, 6.07) is 25.9. The minimum atomic E-state index is -0.00711. The van der Waals surface area contributed by atoms with Crippen LogP contribution in [-0.4, -0.2) is 22.1 Å². The van der Waals surface area contributed by atoms with Crippen molar-refractivity contribution in [3.05, 3.63) is 107 Å². The number of benzene rings is 3. The van der Waals surface area contributed by atoms with Gasteiger partial charge in [-0.1, -0.05) is 80.4 Å². The number of fused-ring (bicyclic) bond motifs is 1. The molecule has 35 heavy (non-hydrogen) atoms. The van der Waals surface area contributed by atoms with Crippen LogP contribution in [0.1, 0.15) is 61.3 Å². The Bertz CT molecular complexity index is 1360. The van der Waals surface area contributed by atoms with Crippen LogP contribution in [0.4, 0.5) is 0 Å². The van der Waals surface area contributed by atoms with Crippen LogP contribution < -0.4 is 5.32 Å². The normalized spacial score (nSPS) is 15.0.